The summed E-state index contributed by atoms with van der Waals surface area (Å²) in [6.07, 6.45) is 1.11. The Morgan fingerprint density at radius 2 is 2.05 bits per heavy atom. The Morgan fingerprint density at radius 1 is 1.35 bits per heavy atom. The van der Waals surface area contributed by atoms with E-state index in [0.717, 1.165) is 5.56 Å². The minimum atomic E-state index is -0.860. The number of nitrogens with zero attached hydrogens (tertiary/aromatic N) is 4. The Morgan fingerprint density at radius 3 is 2.65 bits per heavy atom. The van der Waals surface area contributed by atoms with E-state index in [1.807, 2.05) is 37.3 Å². The van der Waals surface area contributed by atoms with Gasteiger partial charge in [0.1, 0.15) is 0 Å². The average molecular weight is 274 g/mol. The van der Waals surface area contributed by atoms with Crippen LogP contribution in [0.2, 0.25) is 0 Å². The van der Waals surface area contributed by atoms with Crippen molar-refractivity contribution in [1.82, 2.24) is 20.2 Å². The summed E-state index contributed by atoms with van der Waals surface area (Å²) in [5.74, 6) is -0.154. The lowest BCUT2D eigenvalue weighted by molar-refractivity contribution is -0.149. The minimum Gasteiger partial charge on any atom is -0.481 e. The molecular formula is C14H18N4O2. The van der Waals surface area contributed by atoms with Crippen molar-refractivity contribution in [3.8, 4) is 0 Å². The molecule has 0 aliphatic rings. The zero-order valence-corrected chi connectivity index (χ0v) is 11.7. The second-order valence-corrected chi connectivity index (χ2v) is 5.13. The molecule has 1 aromatic carbocycles. The lowest BCUT2D eigenvalue weighted by Gasteiger charge is -2.22. The van der Waals surface area contributed by atoms with Crippen LogP contribution >= 0.6 is 0 Å². The van der Waals surface area contributed by atoms with Crippen LogP contribution in [-0.4, -0.2) is 31.3 Å². The first-order valence-electron chi connectivity index (χ1n) is 6.57. The first-order chi connectivity index (χ1) is 9.55. The lowest BCUT2D eigenvalue weighted by Crippen LogP contribution is -2.33. The molecule has 0 spiro atoms. The number of carbonyl (C=O) groups is 1. The van der Waals surface area contributed by atoms with E-state index < -0.39 is 11.4 Å². The maximum absolute atomic E-state index is 11.4. The summed E-state index contributed by atoms with van der Waals surface area (Å²) in [4.78, 5) is 11.4. The Hall–Kier alpha value is -2.24. The van der Waals surface area contributed by atoms with E-state index in [2.05, 4.69) is 15.5 Å². The van der Waals surface area contributed by atoms with Gasteiger partial charge in [-0.05, 0) is 29.3 Å². The molecule has 106 valence electrons. The van der Waals surface area contributed by atoms with Crippen LogP contribution in [0.25, 0.3) is 0 Å². The van der Waals surface area contributed by atoms with E-state index in [-0.39, 0.29) is 6.54 Å². The van der Waals surface area contributed by atoms with Crippen molar-refractivity contribution in [2.75, 3.05) is 0 Å². The van der Waals surface area contributed by atoms with Crippen LogP contribution in [0.1, 0.15) is 31.7 Å². The highest BCUT2D eigenvalue weighted by atomic mass is 16.4. The molecule has 0 saturated heterocycles. The fourth-order valence-electron chi connectivity index (χ4n) is 1.91. The zero-order chi connectivity index (χ0) is 14.6. The predicted molar refractivity (Wildman–Crippen MR) is 73.1 cm³/mol. The molecule has 2 aromatic rings. The van der Waals surface area contributed by atoms with E-state index in [4.69, 9.17) is 0 Å². The van der Waals surface area contributed by atoms with Gasteiger partial charge in [0.05, 0.1) is 12.0 Å². The summed E-state index contributed by atoms with van der Waals surface area (Å²) in [6, 6.07) is 9.85. The molecular weight excluding hydrogens is 256 g/mol. The van der Waals surface area contributed by atoms with Crippen LogP contribution in [0.5, 0.6) is 0 Å². The van der Waals surface area contributed by atoms with Gasteiger partial charge in [0.15, 0.2) is 5.82 Å². The number of rotatable bonds is 6. The van der Waals surface area contributed by atoms with E-state index in [0.29, 0.717) is 18.7 Å². The van der Waals surface area contributed by atoms with E-state index in [9.17, 15) is 9.90 Å². The van der Waals surface area contributed by atoms with Crippen LogP contribution in [0.4, 0.5) is 0 Å². The van der Waals surface area contributed by atoms with Gasteiger partial charge in [-0.3, -0.25) is 4.79 Å². The van der Waals surface area contributed by atoms with Crippen molar-refractivity contribution >= 4 is 5.97 Å². The Balaban J connectivity index is 2.19. The van der Waals surface area contributed by atoms with E-state index >= 15 is 0 Å². The van der Waals surface area contributed by atoms with Gasteiger partial charge in [0.25, 0.3) is 0 Å². The molecule has 0 saturated carbocycles. The maximum atomic E-state index is 11.4. The fourth-order valence-corrected chi connectivity index (χ4v) is 1.91. The van der Waals surface area contributed by atoms with E-state index in [1.165, 1.54) is 0 Å². The van der Waals surface area contributed by atoms with Crippen molar-refractivity contribution in [1.29, 1.82) is 0 Å². The Kier molecular flexibility index (Phi) is 4.12. The minimum absolute atomic E-state index is 0.272. The largest absolute Gasteiger partial charge is 0.481 e. The van der Waals surface area contributed by atoms with Gasteiger partial charge < -0.3 is 5.11 Å². The summed E-state index contributed by atoms with van der Waals surface area (Å²) >= 11 is 0. The van der Waals surface area contributed by atoms with Crippen molar-refractivity contribution in [2.45, 2.75) is 33.2 Å². The van der Waals surface area contributed by atoms with Gasteiger partial charge in [-0.2, -0.15) is 0 Å². The molecule has 1 aromatic heterocycles. The topological polar surface area (TPSA) is 80.9 Å². The number of carboxylic acid groups (broad SMARTS) is 1. The molecule has 0 amide bonds. The summed E-state index contributed by atoms with van der Waals surface area (Å²) in [6.45, 7) is 3.84. The van der Waals surface area contributed by atoms with Crippen molar-refractivity contribution < 1.29 is 9.90 Å². The number of benzene rings is 1. The number of hydrogen-bond donors (Lipinski definition) is 1. The molecule has 6 heteroatoms. The highest BCUT2D eigenvalue weighted by Gasteiger charge is 2.33. The van der Waals surface area contributed by atoms with Gasteiger partial charge in [-0.1, -0.05) is 37.3 Å². The van der Waals surface area contributed by atoms with Crippen LogP contribution in [-0.2, 0) is 17.8 Å². The second-order valence-electron chi connectivity index (χ2n) is 5.13. The highest BCUT2D eigenvalue weighted by Crippen LogP contribution is 2.24. The quantitative estimate of drug-likeness (QED) is 0.868. The second kappa shape index (κ2) is 5.81. The molecule has 0 aliphatic heterocycles. The van der Waals surface area contributed by atoms with Crippen LogP contribution in [0, 0.1) is 5.41 Å². The van der Waals surface area contributed by atoms with Gasteiger partial charge >= 0.3 is 5.97 Å². The number of tetrazole rings is 1. The SMILES string of the molecule is CCC(C)(Cn1nnnc1Cc1ccccc1)C(=O)O. The highest BCUT2D eigenvalue weighted by molar-refractivity contribution is 5.73. The van der Waals surface area contributed by atoms with Crippen molar-refractivity contribution in [3.63, 3.8) is 0 Å². The van der Waals surface area contributed by atoms with Crippen LogP contribution < -0.4 is 0 Å². The molecule has 1 heterocycles. The fraction of sp³-hybridized carbons (Fsp3) is 0.429. The first-order valence-corrected chi connectivity index (χ1v) is 6.57. The first kappa shape index (κ1) is 14.2. The normalized spacial score (nSPS) is 13.9. The predicted octanol–water partition coefficient (Wildman–Crippen LogP) is 1.76. The van der Waals surface area contributed by atoms with Crippen LogP contribution in [0.15, 0.2) is 30.3 Å². The molecule has 0 aliphatic carbocycles. The van der Waals surface area contributed by atoms with E-state index in [1.54, 1.807) is 11.6 Å². The third-order valence-corrected chi connectivity index (χ3v) is 3.61. The van der Waals surface area contributed by atoms with Gasteiger partial charge in [0.2, 0.25) is 0 Å². The number of hydrogen-bond acceptors (Lipinski definition) is 4. The smallest absolute Gasteiger partial charge is 0.311 e. The summed E-state index contributed by atoms with van der Waals surface area (Å²) < 4.78 is 1.59. The molecule has 1 unspecified atom stereocenters. The maximum Gasteiger partial charge on any atom is 0.311 e. The molecule has 1 N–H and O–H groups in total. The van der Waals surface area contributed by atoms with Crippen molar-refractivity contribution in [3.05, 3.63) is 41.7 Å². The molecule has 0 bridgehead atoms. The number of carboxylic acids is 1. The molecule has 6 nitrogen and oxygen atoms in total. The summed E-state index contributed by atoms with van der Waals surface area (Å²) in [7, 11) is 0. The summed E-state index contributed by atoms with van der Waals surface area (Å²) in [5, 5.41) is 20.9. The lowest BCUT2D eigenvalue weighted by atomic mass is 9.88. The van der Waals surface area contributed by atoms with Gasteiger partial charge in [-0.25, -0.2) is 4.68 Å². The molecule has 0 radical (unpaired) electrons. The molecule has 2 rings (SSSR count). The monoisotopic (exact) mass is 274 g/mol. The standard InChI is InChI=1S/C14H18N4O2/c1-3-14(2,13(19)20)10-18-12(15-16-17-18)9-11-7-5-4-6-8-11/h4-8H,3,9-10H2,1-2H3,(H,19,20). The van der Waals surface area contributed by atoms with Crippen LogP contribution in [0.3, 0.4) is 0 Å². The molecule has 20 heavy (non-hydrogen) atoms. The van der Waals surface area contributed by atoms with Gasteiger partial charge in [-0.15, -0.1) is 5.10 Å². The Labute approximate surface area is 117 Å². The number of aromatic nitrogens is 4. The summed E-state index contributed by atoms with van der Waals surface area (Å²) in [5.41, 5.74) is 0.234. The average Bonchev–Trinajstić information content (AvgIpc) is 2.86. The molecule has 1 atom stereocenters. The third kappa shape index (κ3) is 3.01. The molecule has 0 fully saturated rings. The zero-order valence-electron chi connectivity index (χ0n) is 11.7. The van der Waals surface area contributed by atoms with Crippen molar-refractivity contribution in [2.24, 2.45) is 5.41 Å². The third-order valence-electron chi connectivity index (χ3n) is 3.61. The number of aliphatic carboxylic acids is 1. The Bertz CT molecular complexity index is 582. The van der Waals surface area contributed by atoms with Gasteiger partial charge in [0, 0.05) is 6.42 Å².